The molecule has 2 bridgehead atoms. The first-order chi connectivity index (χ1) is 14.2. The third-order valence-electron chi connectivity index (χ3n) is 6.42. The van der Waals surface area contributed by atoms with Gasteiger partial charge in [0.05, 0.1) is 10.6 Å². The lowest BCUT2D eigenvalue weighted by atomic mass is 9.95. The fraction of sp³-hybridized carbons (Fsp3) is 0.435. The minimum Gasteiger partial charge on any atom is -0.352 e. The summed E-state index contributed by atoms with van der Waals surface area (Å²) in [4.78, 5) is 13.0. The Morgan fingerprint density at radius 3 is 2.43 bits per heavy atom. The second-order valence-electron chi connectivity index (χ2n) is 8.61. The molecule has 0 spiro atoms. The lowest BCUT2D eigenvalue weighted by molar-refractivity contribution is -0.120. The summed E-state index contributed by atoms with van der Waals surface area (Å²) in [5, 5.41) is 3.55. The van der Waals surface area contributed by atoms with Crippen LogP contribution in [-0.2, 0) is 14.8 Å². The number of carbonyl (C=O) groups is 1. The molecule has 0 aromatic heterocycles. The van der Waals surface area contributed by atoms with Gasteiger partial charge in [-0.05, 0) is 74.8 Å². The Kier molecular flexibility index (Phi) is 5.82. The minimum atomic E-state index is -3.93. The number of carbonyl (C=O) groups excluding carboxylic acids is 1. The van der Waals surface area contributed by atoms with Crippen molar-refractivity contribution in [3.63, 3.8) is 0 Å². The maximum absolute atomic E-state index is 13.4. The Labute approximate surface area is 183 Å². The summed E-state index contributed by atoms with van der Waals surface area (Å²) < 4.78 is 28.0. The summed E-state index contributed by atoms with van der Waals surface area (Å²) >= 11 is 6.27. The molecule has 7 heteroatoms. The molecule has 2 saturated carbocycles. The number of hydrogen-bond donors (Lipinski definition) is 1. The highest BCUT2D eigenvalue weighted by atomic mass is 35.5. The van der Waals surface area contributed by atoms with Crippen molar-refractivity contribution in [2.45, 2.75) is 50.5 Å². The number of aryl methyl sites for hydroxylation is 2. The van der Waals surface area contributed by atoms with E-state index in [4.69, 9.17) is 11.6 Å². The smallest absolute Gasteiger partial charge is 0.264 e. The molecule has 3 atom stereocenters. The van der Waals surface area contributed by atoms with Crippen LogP contribution < -0.4 is 9.62 Å². The van der Waals surface area contributed by atoms with Gasteiger partial charge in [-0.25, -0.2) is 8.42 Å². The number of sulfonamides is 1. The molecule has 0 unspecified atom stereocenters. The molecule has 0 heterocycles. The molecule has 1 N–H and O–H groups in total. The molecular formula is C23H27ClN2O3S. The van der Waals surface area contributed by atoms with Crippen molar-refractivity contribution in [2.24, 2.45) is 11.8 Å². The largest absolute Gasteiger partial charge is 0.352 e. The van der Waals surface area contributed by atoms with Gasteiger partial charge < -0.3 is 5.32 Å². The highest BCUT2D eigenvalue weighted by Crippen LogP contribution is 2.44. The van der Waals surface area contributed by atoms with Gasteiger partial charge in [-0.2, -0.15) is 0 Å². The van der Waals surface area contributed by atoms with Crippen LogP contribution in [0.15, 0.2) is 47.4 Å². The van der Waals surface area contributed by atoms with Gasteiger partial charge in [0.15, 0.2) is 0 Å². The highest BCUT2D eigenvalue weighted by Gasteiger charge is 2.40. The van der Waals surface area contributed by atoms with Crippen molar-refractivity contribution < 1.29 is 13.2 Å². The summed E-state index contributed by atoms with van der Waals surface area (Å²) in [7, 11) is -3.93. The van der Waals surface area contributed by atoms with Crippen LogP contribution in [-0.4, -0.2) is 26.9 Å². The zero-order chi connectivity index (χ0) is 21.5. The average Bonchev–Trinajstić information content (AvgIpc) is 3.32. The van der Waals surface area contributed by atoms with Crippen molar-refractivity contribution in [1.82, 2.24) is 5.32 Å². The molecule has 1 amide bonds. The Balaban J connectivity index is 1.62. The van der Waals surface area contributed by atoms with Crippen molar-refractivity contribution in [1.29, 1.82) is 0 Å². The van der Waals surface area contributed by atoms with Gasteiger partial charge in [-0.15, -0.1) is 0 Å². The molecule has 2 aromatic rings. The molecule has 2 fully saturated rings. The maximum Gasteiger partial charge on any atom is 0.264 e. The van der Waals surface area contributed by atoms with Crippen molar-refractivity contribution in [3.05, 3.63) is 58.6 Å². The second kappa shape index (κ2) is 8.23. The molecule has 160 valence electrons. The number of rotatable bonds is 6. The molecule has 2 aliphatic rings. The Morgan fingerprint density at radius 1 is 1.10 bits per heavy atom. The lowest BCUT2D eigenvalue weighted by Gasteiger charge is -2.27. The Bertz CT molecular complexity index is 1050. The van der Waals surface area contributed by atoms with E-state index in [1.54, 1.807) is 42.5 Å². The highest BCUT2D eigenvalue weighted by molar-refractivity contribution is 7.92. The van der Waals surface area contributed by atoms with Crippen molar-refractivity contribution in [2.75, 3.05) is 10.8 Å². The van der Waals surface area contributed by atoms with E-state index in [1.165, 1.54) is 12.8 Å². The first-order valence-corrected chi connectivity index (χ1v) is 12.2. The summed E-state index contributed by atoms with van der Waals surface area (Å²) in [5.41, 5.74) is 2.20. The molecule has 0 aliphatic heterocycles. The predicted octanol–water partition coefficient (Wildman–Crippen LogP) is 4.46. The van der Waals surface area contributed by atoms with Crippen LogP contribution >= 0.6 is 11.6 Å². The van der Waals surface area contributed by atoms with E-state index < -0.39 is 10.0 Å². The SMILES string of the molecule is Cc1ccc(S(=O)(=O)N(CC(=O)N[C@H]2C[C@@H]3CC[C@@H]2C3)c2ccc(C)c(Cl)c2)cc1. The molecule has 0 saturated heterocycles. The van der Waals surface area contributed by atoms with Crippen LogP contribution in [0.5, 0.6) is 0 Å². The first-order valence-electron chi connectivity index (χ1n) is 10.4. The van der Waals surface area contributed by atoms with E-state index in [1.807, 2.05) is 13.8 Å². The monoisotopic (exact) mass is 446 g/mol. The van der Waals surface area contributed by atoms with Gasteiger partial charge in [-0.1, -0.05) is 41.8 Å². The molecular weight excluding hydrogens is 420 g/mol. The molecule has 4 rings (SSSR count). The Hall–Kier alpha value is -2.05. The minimum absolute atomic E-state index is 0.150. The van der Waals surface area contributed by atoms with E-state index in [0.29, 0.717) is 22.5 Å². The third kappa shape index (κ3) is 4.21. The number of hydrogen-bond acceptors (Lipinski definition) is 3. The summed E-state index contributed by atoms with van der Waals surface area (Å²) in [6.45, 7) is 3.48. The first kappa shape index (κ1) is 21.2. The van der Waals surface area contributed by atoms with E-state index in [0.717, 1.165) is 28.3 Å². The number of benzene rings is 2. The second-order valence-corrected chi connectivity index (χ2v) is 10.9. The fourth-order valence-electron chi connectivity index (χ4n) is 4.69. The van der Waals surface area contributed by atoms with E-state index in [2.05, 4.69) is 5.32 Å². The summed E-state index contributed by atoms with van der Waals surface area (Å²) in [6.07, 6.45) is 4.56. The zero-order valence-electron chi connectivity index (χ0n) is 17.3. The normalized spacial score (nSPS) is 22.8. The van der Waals surface area contributed by atoms with Crippen molar-refractivity contribution >= 4 is 33.2 Å². The summed E-state index contributed by atoms with van der Waals surface area (Å²) in [6, 6.07) is 11.9. The standard InChI is InChI=1S/C23H27ClN2O3S/c1-15-3-9-20(10-4-15)30(28,29)26(19-8-5-16(2)21(24)13-19)14-23(27)25-22-12-17-6-7-18(22)11-17/h3-5,8-10,13,17-18,22H,6-7,11-12,14H2,1-2H3,(H,25,27)/t17-,18-,22+/m1/s1. The van der Waals surface area contributed by atoms with E-state index in [-0.39, 0.29) is 23.4 Å². The number of halogens is 1. The van der Waals surface area contributed by atoms with Gasteiger partial charge in [-0.3, -0.25) is 9.10 Å². The fourth-order valence-corrected chi connectivity index (χ4v) is 6.28. The van der Waals surface area contributed by atoms with E-state index >= 15 is 0 Å². The number of nitrogens with zero attached hydrogens (tertiary/aromatic N) is 1. The zero-order valence-corrected chi connectivity index (χ0v) is 18.8. The van der Waals surface area contributed by atoms with Gasteiger partial charge >= 0.3 is 0 Å². The molecule has 2 aliphatic carbocycles. The van der Waals surface area contributed by atoms with Crippen LogP contribution in [0, 0.1) is 25.7 Å². The topological polar surface area (TPSA) is 66.5 Å². The van der Waals surface area contributed by atoms with Gasteiger partial charge in [0.1, 0.15) is 6.54 Å². The Morgan fingerprint density at radius 2 is 1.83 bits per heavy atom. The lowest BCUT2D eigenvalue weighted by Crippen LogP contribution is -2.46. The molecule has 5 nitrogen and oxygen atoms in total. The predicted molar refractivity (Wildman–Crippen MR) is 119 cm³/mol. The number of fused-ring (bicyclic) bond motifs is 2. The molecule has 2 aromatic carbocycles. The third-order valence-corrected chi connectivity index (χ3v) is 8.62. The van der Waals surface area contributed by atoms with Gasteiger partial charge in [0.25, 0.3) is 10.0 Å². The van der Waals surface area contributed by atoms with Gasteiger partial charge in [0, 0.05) is 11.1 Å². The van der Waals surface area contributed by atoms with Crippen LogP contribution in [0.3, 0.4) is 0 Å². The van der Waals surface area contributed by atoms with E-state index in [9.17, 15) is 13.2 Å². The van der Waals surface area contributed by atoms with Gasteiger partial charge in [0.2, 0.25) is 5.91 Å². The molecule has 30 heavy (non-hydrogen) atoms. The maximum atomic E-state index is 13.4. The number of anilines is 1. The molecule has 0 radical (unpaired) electrons. The van der Waals surface area contributed by atoms with Crippen LogP contribution in [0.1, 0.15) is 36.8 Å². The van der Waals surface area contributed by atoms with Crippen LogP contribution in [0.2, 0.25) is 5.02 Å². The number of amides is 1. The average molecular weight is 447 g/mol. The number of nitrogens with one attached hydrogen (secondary N) is 1. The quantitative estimate of drug-likeness (QED) is 0.712. The summed E-state index contributed by atoms with van der Waals surface area (Å²) in [5.74, 6) is 0.943. The van der Waals surface area contributed by atoms with Crippen LogP contribution in [0.4, 0.5) is 5.69 Å². The van der Waals surface area contributed by atoms with Crippen molar-refractivity contribution in [3.8, 4) is 0 Å². The van der Waals surface area contributed by atoms with Crippen LogP contribution in [0.25, 0.3) is 0 Å².